The summed E-state index contributed by atoms with van der Waals surface area (Å²) in [5.74, 6) is 0.141. The van der Waals surface area contributed by atoms with Gasteiger partial charge in [0.15, 0.2) is 5.76 Å². The average molecular weight is 296 g/mol. The van der Waals surface area contributed by atoms with Gasteiger partial charge in [-0.15, -0.1) is 0 Å². The summed E-state index contributed by atoms with van der Waals surface area (Å²) in [5, 5.41) is 3.78. The lowest BCUT2D eigenvalue weighted by molar-refractivity contribution is 0.0893. The van der Waals surface area contributed by atoms with Crippen LogP contribution in [0.1, 0.15) is 31.3 Å². The fourth-order valence-electron chi connectivity index (χ4n) is 1.54. The first-order valence-electron chi connectivity index (χ1n) is 5.37. The van der Waals surface area contributed by atoms with Gasteiger partial charge in [-0.1, -0.05) is 22.0 Å². The highest BCUT2D eigenvalue weighted by atomic mass is 79.9. The lowest BCUT2D eigenvalue weighted by Crippen LogP contribution is -2.40. The molecule has 1 amide bonds. The van der Waals surface area contributed by atoms with E-state index in [1.54, 1.807) is 6.07 Å². The van der Waals surface area contributed by atoms with Crippen LogP contribution in [0.15, 0.2) is 33.2 Å². The molecule has 4 heteroatoms. The monoisotopic (exact) mass is 295 g/mol. The number of amides is 1. The Kier molecular flexibility index (Phi) is 3.00. The van der Waals surface area contributed by atoms with Crippen LogP contribution in [-0.2, 0) is 0 Å². The van der Waals surface area contributed by atoms with E-state index in [-0.39, 0.29) is 11.4 Å². The molecule has 0 spiro atoms. The third-order valence-corrected chi connectivity index (χ3v) is 2.91. The fraction of sp³-hybridized carbons (Fsp3) is 0.308. The van der Waals surface area contributed by atoms with E-state index >= 15 is 0 Å². The number of carbonyl (C=O) groups is 1. The van der Waals surface area contributed by atoms with E-state index in [0.29, 0.717) is 11.3 Å². The van der Waals surface area contributed by atoms with Crippen LogP contribution >= 0.6 is 15.9 Å². The molecule has 1 aromatic heterocycles. The first-order chi connectivity index (χ1) is 7.87. The molecule has 1 heterocycles. The third kappa shape index (κ3) is 2.69. The standard InChI is InChI=1S/C13H14BrNO2/c1-13(2,3)15-12(16)11-7-8-9(14)5-4-6-10(8)17-11/h4-7H,1-3H3,(H,15,16). The molecule has 0 atom stereocenters. The molecule has 17 heavy (non-hydrogen) atoms. The Morgan fingerprint density at radius 2 is 2.06 bits per heavy atom. The molecule has 1 aromatic carbocycles. The zero-order valence-corrected chi connectivity index (χ0v) is 11.6. The van der Waals surface area contributed by atoms with Crippen molar-refractivity contribution in [1.82, 2.24) is 5.32 Å². The molecule has 0 fully saturated rings. The summed E-state index contributed by atoms with van der Waals surface area (Å²) in [6.07, 6.45) is 0. The van der Waals surface area contributed by atoms with Crippen molar-refractivity contribution in [3.63, 3.8) is 0 Å². The first kappa shape index (κ1) is 12.2. The molecular weight excluding hydrogens is 282 g/mol. The van der Waals surface area contributed by atoms with Gasteiger partial charge in [0, 0.05) is 15.4 Å². The lowest BCUT2D eigenvalue weighted by Gasteiger charge is -2.19. The van der Waals surface area contributed by atoms with E-state index in [2.05, 4.69) is 21.2 Å². The van der Waals surface area contributed by atoms with Crippen molar-refractivity contribution in [3.05, 3.63) is 34.5 Å². The van der Waals surface area contributed by atoms with Gasteiger partial charge in [-0.05, 0) is 39.0 Å². The van der Waals surface area contributed by atoms with E-state index in [4.69, 9.17) is 4.42 Å². The van der Waals surface area contributed by atoms with E-state index < -0.39 is 0 Å². The van der Waals surface area contributed by atoms with Gasteiger partial charge >= 0.3 is 0 Å². The third-order valence-electron chi connectivity index (χ3n) is 2.22. The molecule has 1 N–H and O–H groups in total. The number of rotatable bonds is 1. The number of halogens is 1. The molecule has 0 bridgehead atoms. The van der Waals surface area contributed by atoms with Crippen molar-refractivity contribution in [3.8, 4) is 0 Å². The molecule has 3 nitrogen and oxygen atoms in total. The van der Waals surface area contributed by atoms with Crippen LogP contribution < -0.4 is 5.32 Å². The summed E-state index contributed by atoms with van der Waals surface area (Å²) in [6, 6.07) is 7.39. The minimum atomic E-state index is -0.271. The number of hydrogen-bond donors (Lipinski definition) is 1. The minimum Gasteiger partial charge on any atom is -0.451 e. The first-order valence-corrected chi connectivity index (χ1v) is 6.17. The second-order valence-corrected chi connectivity index (χ2v) is 5.82. The van der Waals surface area contributed by atoms with Crippen LogP contribution in [0.25, 0.3) is 11.0 Å². The Bertz CT molecular complexity index is 566. The van der Waals surface area contributed by atoms with Crippen molar-refractivity contribution in [2.45, 2.75) is 26.3 Å². The SMILES string of the molecule is CC(C)(C)NC(=O)c1cc2c(Br)cccc2o1. The van der Waals surface area contributed by atoms with Gasteiger partial charge in [0.1, 0.15) is 5.58 Å². The van der Waals surface area contributed by atoms with Crippen molar-refractivity contribution >= 4 is 32.8 Å². The van der Waals surface area contributed by atoms with Crippen LogP contribution in [-0.4, -0.2) is 11.4 Å². The van der Waals surface area contributed by atoms with Crippen LogP contribution in [0.3, 0.4) is 0 Å². The zero-order valence-electron chi connectivity index (χ0n) is 10.0. The summed E-state index contributed by atoms with van der Waals surface area (Å²) in [6.45, 7) is 5.80. The van der Waals surface area contributed by atoms with Crippen LogP contribution in [0.5, 0.6) is 0 Å². The molecule has 0 aliphatic rings. The van der Waals surface area contributed by atoms with Gasteiger partial charge < -0.3 is 9.73 Å². The molecule has 0 saturated heterocycles. The Labute approximate surface area is 108 Å². The molecule has 90 valence electrons. The van der Waals surface area contributed by atoms with E-state index in [1.807, 2.05) is 39.0 Å². The Morgan fingerprint density at radius 1 is 1.35 bits per heavy atom. The van der Waals surface area contributed by atoms with Gasteiger partial charge in [-0.2, -0.15) is 0 Å². The number of benzene rings is 1. The van der Waals surface area contributed by atoms with Gasteiger partial charge in [0.2, 0.25) is 0 Å². The van der Waals surface area contributed by atoms with Gasteiger partial charge in [-0.3, -0.25) is 4.79 Å². The zero-order chi connectivity index (χ0) is 12.6. The van der Waals surface area contributed by atoms with Crippen molar-refractivity contribution in [2.24, 2.45) is 0 Å². The quantitative estimate of drug-likeness (QED) is 0.871. The number of carbonyl (C=O) groups excluding carboxylic acids is 1. The minimum absolute atomic E-state index is 0.194. The number of hydrogen-bond acceptors (Lipinski definition) is 2. The normalized spacial score (nSPS) is 11.8. The Balaban J connectivity index is 2.37. The number of nitrogens with one attached hydrogen (secondary N) is 1. The molecule has 0 unspecified atom stereocenters. The van der Waals surface area contributed by atoms with E-state index in [0.717, 1.165) is 9.86 Å². The molecule has 0 aliphatic heterocycles. The van der Waals surface area contributed by atoms with Crippen LogP contribution in [0.4, 0.5) is 0 Å². The highest BCUT2D eigenvalue weighted by molar-refractivity contribution is 9.10. The maximum Gasteiger partial charge on any atom is 0.287 e. The van der Waals surface area contributed by atoms with Gasteiger partial charge in [0.25, 0.3) is 5.91 Å². The summed E-state index contributed by atoms with van der Waals surface area (Å²) in [7, 11) is 0. The fourth-order valence-corrected chi connectivity index (χ4v) is 2.00. The van der Waals surface area contributed by atoms with Crippen molar-refractivity contribution in [1.29, 1.82) is 0 Å². The second kappa shape index (κ2) is 4.18. The number of furan rings is 1. The molecule has 0 radical (unpaired) electrons. The molecular formula is C13H14BrNO2. The lowest BCUT2D eigenvalue weighted by atomic mass is 10.1. The average Bonchev–Trinajstić information content (AvgIpc) is 2.60. The Hall–Kier alpha value is -1.29. The predicted octanol–water partition coefficient (Wildman–Crippen LogP) is 3.72. The summed E-state index contributed by atoms with van der Waals surface area (Å²) < 4.78 is 6.44. The summed E-state index contributed by atoms with van der Waals surface area (Å²) >= 11 is 3.43. The largest absolute Gasteiger partial charge is 0.451 e. The molecule has 2 aromatic rings. The molecule has 0 aliphatic carbocycles. The maximum absolute atomic E-state index is 11.9. The topological polar surface area (TPSA) is 42.2 Å². The highest BCUT2D eigenvalue weighted by Crippen LogP contribution is 2.27. The summed E-state index contributed by atoms with van der Waals surface area (Å²) in [5.41, 5.74) is 0.436. The van der Waals surface area contributed by atoms with Crippen molar-refractivity contribution in [2.75, 3.05) is 0 Å². The summed E-state index contributed by atoms with van der Waals surface area (Å²) in [4.78, 5) is 11.9. The van der Waals surface area contributed by atoms with Gasteiger partial charge in [-0.25, -0.2) is 0 Å². The van der Waals surface area contributed by atoms with Gasteiger partial charge in [0.05, 0.1) is 0 Å². The Morgan fingerprint density at radius 3 is 2.65 bits per heavy atom. The molecule has 0 saturated carbocycles. The second-order valence-electron chi connectivity index (χ2n) is 4.97. The molecule has 2 rings (SSSR count). The van der Waals surface area contributed by atoms with Crippen LogP contribution in [0, 0.1) is 0 Å². The maximum atomic E-state index is 11.9. The number of fused-ring (bicyclic) bond motifs is 1. The van der Waals surface area contributed by atoms with E-state index in [1.165, 1.54) is 0 Å². The highest BCUT2D eigenvalue weighted by Gasteiger charge is 2.19. The predicted molar refractivity (Wildman–Crippen MR) is 71.1 cm³/mol. The van der Waals surface area contributed by atoms with Crippen molar-refractivity contribution < 1.29 is 9.21 Å². The smallest absolute Gasteiger partial charge is 0.287 e. The van der Waals surface area contributed by atoms with Crippen LogP contribution in [0.2, 0.25) is 0 Å². The van der Waals surface area contributed by atoms with E-state index in [9.17, 15) is 4.79 Å².